The van der Waals surface area contributed by atoms with E-state index in [1.165, 1.54) is 0 Å². The summed E-state index contributed by atoms with van der Waals surface area (Å²) in [5.41, 5.74) is 0.0351. The molecule has 0 aliphatic carbocycles. The summed E-state index contributed by atoms with van der Waals surface area (Å²) in [6, 6.07) is 11.0. The molecule has 114 valence electrons. The number of hydrogen-bond donors (Lipinski definition) is 1. The maximum Gasteiger partial charge on any atom is 0.118 e. The van der Waals surface area contributed by atoms with Gasteiger partial charge in [-0.2, -0.15) is 0 Å². The van der Waals surface area contributed by atoms with Gasteiger partial charge in [0.2, 0.25) is 0 Å². The van der Waals surface area contributed by atoms with Crippen molar-refractivity contribution in [3.05, 3.63) is 52.9 Å². The molecule has 0 fully saturated rings. The SMILES string of the molecule is CC(C)(C)NCc1ccc(CS(=O)c2ccccc2Cl)o1. The van der Waals surface area contributed by atoms with Crippen LogP contribution in [0.5, 0.6) is 0 Å². The molecule has 21 heavy (non-hydrogen) atoms. The highest BCUT2D eigenvalue weighted by Crippen LogP contribution is 2.22. The van der Waals surface area contributed by atoms with Crippen LogP contribution in [0.4, 0.5) is 0 Å². The molecular weight excluding hydrogens is 306 g/mol. The quantitative estimate of drug-likeness (QED) is 0.898. The first-order valence-corrected chi connectivity index (χ1v) is 8.50. The zero-order valence-corrected chi connectivity index (χ0v) is 14.1. The minimum Gasteiger partial charge on any atom is -0.464 e. The Kier molecular flexibility index (Phi) is 5.25. The van der Waals surface area contributed by atoms with Crippen LogP contribution in [-0.4, -0.2) is 9.75 Å². The van der Waals surface area contributed by atoms with E-state index in [0.29, 0.717) is 28.0 Å². The van der Waals surface area contributed by atoms with E-state index in [2.05, 4.69) is 26.1 Å². The number of benzene rings is 1. The van der Waals surface area contributed by atoms with Gasteiger partial charge in [-0.05, 0) is 45.0 Å². The number of halogens is 1. The molecule has 0 saturated carbocycles. The maximum atomic E-state index is 12.3. The lowest BCUT2D eigenvalue weighted by molar-refractivity contribution is 0.382. The summed E-state index contributed by atoms with van der Waals surface area (Å²) >= 11 is 6.06. The molecule has 0 saturated heterocycles. The second-order valence-electron chi connectivity index (χ2n) is 5.89. The van der Waals surface area contributed by atoms with Crippen LogP contribution in [0.3, 0.4) is 0 Å². The Bertz CT molecular complexity index is 631. The number of furan rings is 1. The maximum absolute atomic E-state index is 12.3. The van der Waals surface area contributed by atoms with Crippen molar-refractivity contribution in [1.82, 2.24) is 5.32 Å². The van der Waals surface area contributed by atoms with E-state index in [1.807, 2.05) is 24.3 Å². The normalized spacial score (nSPS) is 13.3. The lowest BCUT2D eigenvalue weighted by Gasteiger charge is -2.19. The molecule has 1 heterocycles. The molecule has 0 spiro atoms. The fraction of sp³-hybridized carbons (Fsp3) is 0.375. The van der Waals surface area contributed by atoms with Gasteiger partial charge in [-0.25, -0.2) is 0 Å². The van der Waals surface area contributed by atoms with Crippen molar-refractivity contribution in [3.8, 4) is 0 Å². The van der Waals surface area contributed by atoms with Crippen LogP contribution in [0, 0.1) is 0 Å². The van der Waals surface area contributed by atoms with Crippen LogP contribution < -0.4 is 5.32 Å². The van der Waals surface area contributed by atoms with Crippen molar-refractivity contribution in [2.24, 2.45) is 0 Å². The number of nitrogens with one attached hydrogen (secondary N) is 1. The molecular formula is C16H20ClNO2S. The van der Waals surface area contributed by atoms with E-state index in [0.717, 1.165) is 5.76 Å². The second kappa shape index (κ2) is 6.77. The number of hydrogen-bond acceptors (Lipinski definition) is 3. The monoisotopic (exact) mass is 325 g/mol. The van der Waals surface area contributed by atoms with E-state index in [1.54, 1.807) is 12.1 Å². The van der Waals surface area contributed by atoms with Crippen LogP contribution in [0.15, 0.2) is 45.7 Å². The van der Waals surface area contributed by atoms with Crippen LogP contribution >= 0.6 is 11.6 Å². The Labute approximate surface area is 133 Å². The molecule has 1 atom stereocenters. The lowest BCUT2D eigenvalue weighted by atomic mass is 10.1. The van der Waals surface area contributed by atoms with Crippen molar-refractivity contribution >= 4 is 22.4 Å². The van der Waals surface area contributed by atoms with Crippen LogP contribution in [0.25, 0.3) is 0 Å². The molecule has 1 unspecified atom stereocenters. The smallest absolute Gasteiger partial charge is 0.118 e. The predicted molar refractivity (Wildman–Crippen MR) is 86.9 cm³/mol. The molecule has 5 heteroatoms. The third kappa shape index (κ3) is 4.99. The molecule has 1 aromatic carbocycles. The lowest BCUT2D eigenvalue weighted by Crippen LogP contribution is -2.34. The summed E-state index contributed by atoms with van der Waals surface area (Å²) in [5.74, 6) is 1.88. The highest BCUT2D eigenvalue weighted by molar-refractivity contribution is 7.84. The fourth-order valence-electron chi connectivity index (χ4n) is 1.78. The van der Waals surface area contributed by atoms with Crippen molar-refractivity contribution in [2.75, 3.05) is 0 Å². The molecule has 1 aromatic heterocycles. The Morgan fingerprint density at radius 3 is 2.48 bits per heavy atom. The van der Waals surface area contributed by atoms with Crippen LogP contribution in [0.2, 0.25) is 5.02 Å². The Balaban J connectivity index is 1.99. The van der Waals surface area contributed by atoms with Gasteiger partial charge < -0.3 is 9.73 Å². The molecule has 0 bridgehead atoms. The first-order valence-electron chi connectivity index (χ1n) is 6.81. The highest BCUT2D eigenvalue weighted by Gasteiger charge is 2.13. The van der Waals surface area contributed by atoms with Gasteiger partial charge in [-0.1, -0.05) is 23.7 Å². The van der Waals surface area contributed by atoms with E-state index < -0.39 is 10.8 Å². The zero-order chi connectivity index (χ0) is 15.5. The van der Waals surface area contributed by atoms with Gasteiger partial charge in [0.15, 0.2) is 0 Å². The van der Waals surface area contributed by atoms with Gasteiger partial charge in [0.1, 0.15) is 11.5 Å². The van der Waals surface area contributed by atoms with Crippen molar-refractivity contribution in [3.63, 3.8) is 0 Å². The van der Waals surface area contributed by atoms with E-state index >= 15 is 0 Å². The summed E-state index contributed by atoms with van der Waals surface area (Å²) in [4.78, 5) is 0.643. The topological polar surface area (TPSA) is 42.2 Å². The van der Waals surface area contributed by atoms with Crippen molar-refractivity contribution < 1.29 is 8.63 Å². The third-order valence-electron chi connectivity index (χ3n) is 2.87. The summed E-state index contributed by atoms with van der Waals surface area (Å²) in [6.45, 7) is 6.96. The van der Waals surface area contributed by atoms with Crippen molar-refractivity contribution in [1.29, 1.82) is 0 Å². The van der Waals surface area contributed by atoms with Gasteiger partial charge in [-0.3, -0.25) is 4.21 Å². The Morgan fingerprint density at radius 2 is 1.81 bits per heavy atom. The van der Waals surface area contributed by atoms with Crippen LogP contribution in [-0.2, 0) is 23.1 Å². The fourth-order valence-corrected chi connectivity index (χ4v) is 3.26. The predicted octanol–water partition coefficient (Wildman–Crippen LogP) is 4.13. The van der Waals surface area contributed by atoms with E-state index in [-0.39, 0.29) is 5.54 Å². The average molecular weight is 326 g/mol. The molecule has 0 aliphatic heterocycles. The molecule has 3 nitrogen and oxygen atoms in total. The van der Waals surface area contributed by atoms with Gasteiger partial charge in [0, 0.05) is 5.54 Å². The molecule has 0 amide bonds. The Morgan fingerprint density at radius 1 is 1.14 bits per heavy atom. The summed E-state index contributed by atoms with van der Waals surface area (Å²) in [6.07, 6.45) is 0. The number of rotatable bonds is 5. The standard InChI is InChI=1S/C16H20ClNO2S/c1-16(2,3)18-10-12-8-9-13(20-12)11-21(19)15-7-5-4-6-14(15)17/h4-9,18H,10-11H2,1-3H3. The van der Waals surface area contributed by atoms with Gasteiger partial charge in [0.05, 0.1) is 33.0 Å². The summed E-state index contributed by atoms with van der Waals surface area (Å²) in [7, 11) is -1.20. The average Bonchev–Trinajstić information content (AvgIpc) is 2.83. The van der Waals surface area contributed by atoms with Gasteiger partial charge in [0.25, 0.3) is 0 Å². The molecule has 0 radical (unpaired) electrons. The van der Waals surface area contributed by atoms with Gasteiger partial charge in [-0.15, -0.1) is 0 Å². The highest BCUT2D eigenvalue weighted by atomic mass is 35.5. The minimum absolute atomic E-state index is 0.0351. The summed E-state index contributed by atoms with van der Waals surface area (Å²) < 4.78 is 18.0. The van der Waals surface area contributed by atoms with E-state index in [4.69, 9.17) is 16.0 Å². The third-order valence-corrected chi connectivity index (χ3v) is 4.70. The zero-order valence-electron chi connectivity index (χ0n) is 12.5. The minimum atomic E-state index is -1.20. The second-order valence-corrected chi connectivity index (χ2v) is 7.72. The molecule has 2 rings (SSSR count). The van der Waals surface area contributed by atoms with Crippen molar-refractivity contribution in [2.45, 2.75) is 43.5 Å². The summed E-state index contributed by atoms with van der Waals surface area (Å²) in [5, 5.41) is 3.88. The molecule has 0 aliphatic rings. The molecule has 2 aromatic rings. The molecule has 1 N–H and O–H groups in total. The first-order chi connectivity index (χ1) is 9.85. The van der Waals surface area contributed by atoms with Gasteiger partial charge >= 0.3 is 0 Å². The van der Waals surface area contributed by atoms with E-state index in [9.17, 15) is 4.21 Å². The largest absolute Gasteiger partial charge is 0.464 e. The Hall–Kier alpha value is -1.10. The first kappa shape index (κ1) is 16.3. The van der Waals surface area contributed by atoms with Crippen LogP contribution in [0.1, 0.15) is 32.3 Å².